The summed E-state index contributed by atoms with van der Waals surface area (Å²) >= 11 is 1.62. The van der Waals surface area contributed by atoms with Crippen LogP contribution in [-0.4, -0.2) is 59.5 Å². The molecule has 0 spiro atoms. The van der Waals surface area contributed by atoms with Crippen molar-refractivity contribution in [1.29, 1.82) is 0 Å². The molecule has 0 bridgehead atoms. The zero-order chi connectivity index (χ0) is 19.6. The van der Waals surface area contributed by atoms with Crippen LogP contribution in [0.25, 0.3) is 5.57 Å². The minimum Gasteiger partial charge on any atom is -0.327 e. The average molecular weight is 407 g/mol. The molecular weight excluding hydrogens is 380 g/mol. The molecule has 3 heterocycles. The maximum atomic E-state index is 12.8. The predicted octanol–water partition coefficient (Wildman–Crippen LogP) is 2.33. The number of nitrogens with one attached hydrogen (secondary N) is 2. The highest BCUT2D eigenvalue weighted by atomic mass is 32.2. The van der Waals surface area contributed by atoms with Gasteiger partial charge in [-0.2, -0.15) is 0 Å². The van der Waals surface area contributed by atoms with Gasteiger partial charge in [-0.3, -0.25) is 19.9 Å². The minimum absolute atomic E-state index is 0.0588. The maximum Gasteiger partial charge on any atom is 0.237 e. The third-order valence-electron chi connectivity index (χ3n) is 5.98. The molecule has 2 N–H and O–H groups in total. The lowest BCUT2D eigenvalue weighted by Gasteiger charge is -2.44. The van der Waals surface area contributed by atoms with Crippen LogP contribution in [-0.2, 0) is 11.3 Å². The molecule has 3 aliphatic rings. The number of carbonyl (C=O) groups is 1. The molecule has 2 fully saturated rings. The fourth-order valence-corrected chi connectivity index (χ4v) is 5.53. The van der Waals surface area contributed by atoms with Crippen LogP contribution in [0.5, 0.6) is 0 Å². The van der Waals surface area contributed by atoms with E-state index in [4.69, 9.17) is 0 Å². The highest BCUT2D eigenvalue weighted by Gasteiger charge is 2.43. The van der Waals surface area contributed by atoms with Crippen molar-refractivity contribution in [1.82, 2.24) is 20.4 Å². The summed E-state index contributed by atoms with van der Waals surface area (Å²) in [6.07, 6.45) is -0.103. The smallest absolute Gasteiger partial charge is 0.237 e. The van der Waals surface area contributed by atoms with Crippen LogP contribution in [0, 0.1) is 0 Å². The van der Waals surface area contributed by atoms with Gasteiger partial charge in [0.25, 0.3) is 0 Å². The molecule has 0 radical (unpaired) electrons. The lowest BCUT2D eigenvalue weighted by atomic mass is 9.96. The maximum absolute atomic E-state index is 12.8. The van der Waals surface area contributed by atoms with Gasteiger partial charge in [0.05, 0.1) is 6.04 Å². The van der Waals surface area contributed by atoms with Crippen LogP contribution in [0.2, 0.25) is 0 Å². The van der Waals surface area contributed by atoms with Gasteiger partial charge in [-0.1, -0.05) is 60.7 Å². The Bertz CT molecular complexity index is 880. The van der Waals surface area contributed by atoms with E-state index in [2.05, 4.69) is 80.4 Å². The van der Waals surface area contributed by atoms with Crippen molar-refractivity contribution in [3.8, 4) is 0 Å². The van der Waals surface area contributed by atoms with E-state index in [1.54, 1.807) is 11.8 Å². The standard InChI is InChI=1S/C23H26N4OS/c28-22-21-20(19(16-29-21)18-9-5-2-6-10-18)24-23(25-22)27-13-11-26(12-14-27)15-17-7-3-1-4-8-17/h1-10,16,20-21,23-24H,11-15H2,(H,25,28). The van der Waals surface area contributed by atoms with Crippen molar-refractivity contribution in [3.63, 3.8) is 0 Å². The number of nitrogens with zero attached hydrogens (tertiary/aromatic N) is 2. The fraction of sp³-hybridized carbons (Fsp3) is 0.348. The quantitative estimate of drug-likeness (QED) is 0.816. The molecule has 2 aromatic carbocycles. The zero-order valence-corrected chi connectivity index (χ0v) is 17.1. The molecule has 29 heavy (non-hydrogen) atoms. The number of fused-ring (bicyclic) bond motifs is 1. The van der Waals surface area contributed by atoms with E-state index in [0.717, 1.165) is 32.7 Å². The van der Waals surface area contributed by atoms with Gasteiger partial charge >= 0.3 is 0 Å². The van der Waals surface area contributed by atoms with Crippen molar-refractivity contribution < 1.29 is 4.79 Å². The SMILES string of the molecule is O=C1NC(N2CCN(Cc3ccccc3)CC2)NC2C(c3ccccc3)=CSC12. The van der Waals surface area contributed by atoms with Gasteiger partial charge in [-0.15, -0.1) is 11.8 Å². The van der Waals surface area contributed by atoms with Gasteiger partial charge in [0.1, 0.15) is 11.5 Å². The first-order valence-electron chi connectivity index (χ1n) is 10.3. The molecule has 3 atom stereocenters. The first kappa shape index (κ1) is 18.9. The average Bonchev–Trinajstić information content (AvgIpc) is 3.20. The van der Waals surface area contributed by atoms with Crippen LogP contribution in [0.3, 0.4) is 0 Å². The second kappa shape index (κ2) is 8.32. The third-order valence-corrected chi connectivity index (χ3v) is 7.15. The van der Waals surface area contributed by atoms with Crippen molar-refractivity contribution in [2.45, 2.75) is 24.1 Å². The van der Waals surface area contributed by atoms with Gasteiger partial charge in [-0.25, -0.2) is 0 Å². The molecular formula is C23H26N4OS. The fourth-order valence-electron chi connectivity index (χ4n) is 4.38. The predicted molar refractivity (Wildman–Crippen MR) is 118 cm³/mol. The van der Waals surface area contributed by atoms with Crippen molar-refractivity contribution in [2.75, 3.05) is 26.2 Å². The lowest BCUT2D eigenvalue weighted by molar-refractivity contribution is -0.126. The second-order valence-electron chi connectivity index (χ2n) is 7.85. The lowest BCUT2D eigenvalue weighted by Crippen LogP contribution is -2.69. The summed E-state index contributed by atoms with van der Waals surface area (Å²) in [5.41, 5.74) is 3.78. The Labute approximate surface area is 176 Å². The van der Waals surface area contributed by atoms with Crippen molar-refractivity contribution in [2.24, 2.45) is 0 Å². The van der Waals surface area contributed by atoms with Gasteiger partial charge in [0.15, 0.2) is 0 Å². The Balaban J connectivity index is 1.22. The van der Waals surface area contributed by atoms with Gasteiger partial charge in [0.2, 0.25) is 5.91 Å². The zero-order valence-electron chi connectivity index (χ0n) is 16.3. The Morgan fingerprint density at radius 2 is 1.62 bits per heavy atom. The second-order valence-corrected chi connectivity index (χ2v) is 8.86. The summed E-state index contributed by atoms with van der Waals surface area (Å²) in [6.45, 7) is 4.89. The summed E-state index contributed by atoms with van der Waals surface area (Å²) < 4.78 is 0. The Kier molecular flexibility index (Phi) is 5.42. The molecule has 1 amide bonds. The third kappa shape index (κ3) is 3.98. The normalized spacial score (nSPS) is 27.9. The molecule has 5 rings (SSSR count). The number of hydrogen-bond donors (Lipinski definition) is 2. The molecule has 2 aromatic rings. The first-order valence-corrected chi connectivity index (χ1v) is 11.2. The summed E-state index contributed by atoms with van der Waals surface area (Å²) in [5.74, 6) is 0.137. The van der Waals surface area contributed by atoms with E-state index in [9.17, 15) is 4.79 Å². The van der Waals surface area contributed by atoms with Crippen LogP contribution < -0.4 is 10.6 Å². The van der Waals surface area contributed by atoms with Crippen LogP contribution in [0.15, 0.2) is 66.1 Å². The molecule has 0 aromatic heterocycles. The molecule has 0 saturated carbocycles. The van der Waals surface area contributed by atoms with E-state index in [-0.39, 0.29) is 23.5 Å². The number of hydrogen-bond acceptors (Lipinski definition) is 5. The van der Waals surface area contributed by atoms with Gasteiger partial charge < -0.3 is 5.32 Å². The molecule has 0 aliphatic carbocycles. The minimum atomic E-state index is -0.103. The monoisotopic (exact) mass is 406 g/mol. The highest BCUT2D eigenvalue weighted by Crippen LogP contribution is 2.38. The van der Waals surface area contributed by atoms with Crippen LogP contribution >= 0.6 is 11.8 Å². The number of carbonyl (C=O) groups excluding carboxylic acids is 1. The number of amides is 1. The molecule has 150 valence electrons. The van der Waals surface area contributed by atoms with E-state index in [1.165, 1.54) is 16.7 Å². The van der Waals surface area contributed by atoms with E-state index in [0.29, 0.717) is 0 Å². The number of thioether (sulfide) groups is 1. The molecule has 3 unspecified atom stereocenters. The van der Waals surface area contributed by atoms with Crippen LogP contribution in [0.4, 0.5) is 0 Å². The topological polar surface area (TPSA) is 47.6 Å². The largest absolute Gasteiger partial charge is 0.327 e. The van der Waals surface area contributed by atoms with E-state index >= 15 is 0 Å². The summed E-state index contributed by atoms with van der Waals surface area (Å²) in [7, 11) is 0. The number of rotatable bonds is 4. The summed E-state index contributed by atoms with van der Waals surface area (Å²) in [6, 6.07) is 21.1. The van der Waals surface area contributed by atoms with Crippen molar-refractivity contribution >= 4 is 23.2 Å². The molecule has 2 saturated heterocycles. The Morgan fingerprint density at radius 3 is 2.34 bits per heavy atom. The summed E-state index contributed by atoms with van der Waals surface area (Å²) in [4.78, 5) is 17.6. The number of piperazine rings is 1. The van der Waals surface area contributed by atoms with Crippen molar-refractivity contribution in [3.05, 3.63) is 77.2 Å². The molecule has 6 heteroatoms. The Morgan fingerprint density at radius 1 is 0.931 bits per heavy atom. The van der Waals surface area contributed by atoms with Gasteiger partial charge in [0, 0.05) is 32.7 Å². The van der Waals surface area contributed by atoms with Crippen LogP contribution in [0.1, 0.15) is 11.1 Å². The summed E-state index contributed by atoms with van der Waals surface area (Å²) in [5, 5.41) is 8.98. The van der Waals surface area contributed by atoms with E-state index in [1.807, 2.05) is 6.07 Å². The molecule has 3 aliphatic heterocycles. The molecule has 5 nitrogen and oxygen atoms in total. The van der Waals surface area contributed by atoms with E-state index < -0.39 is 0 Å². The highest BCUT2D eigenvalue weighted by molar-refractivity contribution is 8.04. The van der Waals surface area contributed by atoms with Gasteiger partial charge in [-0.05, 0) is 22.1 Å². The number of benzene rings is 2. The Hall–Kier alpha value is -2.12. The first-order chi connectivity index (χ1) is 14.3.